The smallest absolute Gasteiger partial charge is 0.0350 e. The first-order valence-corrected chi connectivity index (χ1v) is 8.14. The summed E-state index contributed by atoms with van der Waals surface area (Å²) in [5, 5.41) is 3.33. The Labute approximate surface area is 124 Å². The van der Waals surface area contributed by atoms with E-state index in [9.17, 15) is 0 Å². The number of hydrogen-bond donors (Lipinski definition) is 1. The van der Waals surface area contributed by atoms with Crippen LogP contribution in [0.1, 0.15) is 44.7 Å². The van der Waals surface area contributed by atoms with Crippen molar-refractivity contribution in [3.63, 3.8) is 0 Å². The Hall–Kier alpha value is -0.860. The van der Waals surface area contributed by atoms with Crippen LogP contribution in [0.15, 0.2) is 30.3 Å². The van der Waals surface area contributed by atoms with Gasteiger partial charge in [0.15, 0.2) is 0 Å². The van der Waals surface area contributed by atoms with E-state index in [2.05, 4.69) is 61.4 Å². The summed E-state index contributed by atoms with van der Waals surface area (Å²) in [5.41, 5.74) is 1.49. The molecule has 0 saturated carbocycles. The normalized spacial score (nSPS) is 19.4. The summed E-state index contributed by atoms with van der Waals surface area (Å²) < 4.78 is 0. The van der Waals surface area contributed by atoms with Gasteiger partial charge in [0.25, 0.3) is 0 Å². The number of hydrogen-bond acceptors (Lipinski definition) is 2. The molecule has 0 spiro atoms. The molecular weight excluding hydrogens is 244 g/mol. The van der Waals surface area contributed by atoms with Gasteiger partial charge in [-0.3, -0.25) is 4.90 Å². The molecule has 1 aliphatic rings. The van der Waals surface area contributed by atoms with Crippen molar-refractivity contribution >= 4 is 0 Å². The fraction of sp³-hybridized carbons (Fsp3) is 0.667. The van der Waals surface area contributed by atoms with E-state index < -0.39 is 0 Å². The molecule has 1 heterocycles. The number of likely N-dealkylation sites (tertiary alicyclic amines) is 1. The van der Waals surface area contributed by atoms with E-state index in [1.807, 2.05) is 0 Å². The van der Waals surface area contributed by atoms with Gasteiger partial charge < -0.3 is 5.32 Å². The van der Waals surface area contributed by atoms with E-state index in [0.717, 1.165) is 11.8 Å². The standard InChI is InChI=1S/C18H30N2/c1-15(2)13-18(17-7-5-4-6-8-17)20-11-9-16(10-12-20)14-19-3/h4-8,15-16,18-19H,9-14H2,1-3H3. The molecule has 0 radical (unpaired) electrons. The lowest BCUT2D eigenvalue weighted by molar-refractivity contribution is 0.118. The third-order valence-electron chi connectivity index (χ3n) is 4.46. The summed E-state index contributed by atoms with van der Waals surface area (Å²) in [7, 11) is 2.07. The van der Waals surface area contributed by atoms with Crippen LogP contribution in [0.5, 0.6) is 0 Å². The van der Waals surface area contributed by atoms with E-state index in [0.29, 0.717) is 6.04 Å². The highest BCUT2D eigenvalue weighted by atomic mass is 15.2. The van der Waals surface area contributed by atoms with Crippen LogP contribution >= 0.6 is 0 Å². The fourth-order valence-corrected chi connectivity index (χ4v) is 3.38. The molecule has 0 bridgehead atoms. The molecule has 2 nitrogen and oxygen atoms in total. The first-order valence-electron chi connectivity index (χ1n) is 8.14. The molecule has 1 aromatic rings. The number of piperidine rings is 1. The molecule has 0 amide bonds. The van der Waals surface area contributed by atoms with Gasteiger partial charge in [-0.1, -0.05) is 44.2 Å². The quantitative estimate of drug-likeness (QED) is 0.851. The SMILES string of the molecule is CNCC1CCN(C(CC(C)C)c2ccccc2)CC1. The summed E-state index contributed by atoms with van der Waals surface area (Å²) in [4.78, 5) is 2.71. The van der Waals surface area contributed by atoms with Crippen molar-refractivity contribution in [2.45, 2.75) is 39.2 Å². The zero-order chi connectivity index (χ0) is 14.4. The Balaban J connectivity index is 2.01. The molecule has 2 heteroatoms. The van der Waals surface area contributed by atoms with Crippen molar-refractivity contribution in [3.8, 4) is 0 Å². The summed E-state index contributed by atoms with van der Waals surface area (Å²) in [5.74, 6) is 1.61. The van der Waals surface area contributed by atoms with Crippen molar-refractivity contribution < 1.29 is 0 Å². The molecule has 1 N–H and O–H groups in total. The van der Waals surface area contributed by atoms with Gasteiger partial charge in [-0.05, 0) is 63.3 Å². The maximum Gasteiger partial charge on any atom is 0.0350 e. The topological polar surface area (TPSA) is 15.3 Å². The van der Waals surface area contributed by atoms with Gasteiger partial charge >= 0.3 is 0 Å². The number of benzene rings is 1. The van der Waals surface area contributed by atoms with Crippen molar-refractivity contribution in [3.05, 3.63) is 35.9 Å². The van der Waals surface area contributed by atoms with Gasteiger partial charge in [0.2, 0.25) is 0 Å². The lowest BCUT2D eigenvalue weighted by Gasteiger charge is -2.38. The van der Waals surface area contributed by atoms with Gasteiger partial charge in [0.1, 0.15) is 0 Å². The number of rotatable bonds is 6. The van der Waals surface area contributed by atoms with Crippen LogP contribution in [0.25, 0.3) is 0 Å². The fourth-order valence-electron chi connectivity index (χ4n) is 3.38. The number of nitrogens with zero attached hydrogens (tertiary/aromatic N) is 1. The monoisotopic (exact) mass is 274 g/mol. The molecule has 1 aliphatic heterocycles. The minimum Gasteiger partial charge on any atom is -0.319 e. The zero-order valence-electron chi connectivity index (χ0n) is 13.3. The van der Waals surface area contributed by atoms with Crippen LogP contribution < -0.4 is 5.32 Å². The highest BCUT2D eigenvalue weighted by molar-refractivity contribution is 5.19. The second kappa shape index (κ2) is 7.80. The minimum absolute atomic E-state index is 0.603. The first-order chi connectivity index (χ1) is 9.70. The Morgan fingerprint density at radius 3 is 2.35 bits per heavy atom. The van der Waals surface area contributed by atoms with Crippen LogP contribution in [0, 0.1) is 11.8 Å². The minimum atomic E-state index is 0.603. The summed E-state index contributed by atoms with van der Waals surface area (Å²) in [6, 6.07) is 11.7. The Kier molecular flexibility index (Phi) is 6.06. The average Bonchev–Trinajstić information content (AvgIpc) is 2.47. The second-order valence-electron chi connectivity index (χ2n) is 6.59. The maximum atomic E-state index is 3.33. The molecular formula is C18H30N2. The largest absolute Gasteiger partial charge is 0.319 e. The average molecular weight is 274 g/mol. The second-order valence-corrected chi connectivity index (χ2v) is 6.59. The van der Waals surface area contributed by atoms with Gasteiger partial charge in [0, 0.05) is 6.04 Å². The Bertz CT molecular complexity index is 366. The predicted molar refractivity (Wildman–Crippen MR) is 86.9 cm³/mol. The third kappa shape index (κ3) is 4.32. The first kappa shape index (κ1) is 15.5. The molecule has 1 saturated heterocycles. The Morgan fingerprint density at radius 1 is 1.15 bits per heavy atom. The van der Waals surface area contributed by atoms with Crippen LogP contribution in [-0.2, 0) is 0 Å². The molecule has 2 rings (SSSR count). The number of nitrogens with one attached hydrogen (secondary N) is 1. The van der Waals surface area contributed by atoms with E-state index in [1.165, 1.54) is 44.5 Å². The summed E-state index contributed by atoms with van der Waals surface area (Å²) in [6.45, 7) is 8.35. The maximum absolute atomic E-state index is 3.33. The van der Waals surface area contributed by atoms with Crippen molar-refractivity contribution in [1.82, 2.24) is 10.2 Å². The lowest BCUT2D eigenvalue weighted by Crippen LogP contribution is -2.39. The summed E-state index contributed by atoms with van der Waals surface area (Å²) in [6.07, 6.45) is 3.94. The summed E-state index contributed by atoms with van der Waals surface area (Å²) >= 11 is 0. The third-order valence-corrected chi connectivity index (χ3v) is 4.46. The molecule has 1 fully saturated rings. The van der Waals surface area contributed by atoms with Crippen LogP contribution in [0.4, 0.5) is 0 Å². The molecule has 1 atom stereocenters. The zero-order valence-corrected chi connectivity index (χ0v) is 13.3. The van der Waals surface area contributed by atoms with Crippen molar-refractivity contribution in [2.24, 2.45) is 11.8 Å². The molecule has 0 aliphatic carbocycles. The molecule has 20 heavy (non-hydrogen) atoms. The lowest BCUT2D eigenvalue weighted by atomic mass is 9.91. The van der Waals surface area contributed by atoms with Gasteiger partial charge in [-0.25, -0.2) is 0 Å². The van der Waals surface area contributed by atoms with E-state index >= 15 is 0 Å². The van der Waals surface area contributed by atoms with E-state index in [-0.39, 0.29) is 0 Å². The van der Waals surface area contributed by atoms with E-state index in [4.69, 9.17) is 0 Å². The van der Waals surface area contributed by atoms with Crippen molar-refractivity contribution in [2.75, 3.05) is 26.7 Å². The highest BCUT2D eigenvalue weighted by Crippen LogP contribution is 2.31. The molecule has 1 unspecified atom stereocenters. The van der Waals surface area contributed by atoms with Crippen molar-refractivity contribution in [1.29, 1.82) is 0 Å². The molecule has 1 aromatic carbocycles. The van der Waals surface area contributed by atoms with Crippen LogP contribution in [0.2, 0.25) is 0 Å². The molecule has 0 aromatic heterocycles. The van der Waals surface area contributed by atoms with Crippen LogP contribution in [-0.4, -0.2) is 31.6 Å². The molecule has 112 valence electrons. The highest BCUT2D eigenvalue weighted by Gasteiger charge is 2.26. The van der Waals surface area contributed by atoms with Gasteiger partial charge in [-0.2, -0.15) is 0 Å². The Morgan fingerprint density at radius 2 is 1.80 bits per heavy atom. The van der Waals surface area contributed by atoms with Gasteiger partial charge in [0.05, 0.1) is 0 Å². The van der Waals surface area contributed by atoms with Crippen LogP contribution in [0.3, 0.4) is 0 Å². The van der Waals surface area contributed by atoms with Gasteiger partial charge in [-0.15, -0.1) is 0 Å². The predicted octanol–water partition coefficient (Wildman–Crippen LogP) is 3.71. The van der Waals surface area contributed by atoms with E-state index in [1.54, 1.807) is 0 Å².